The molecule has 3 N–H and O–H groups in total. The van der Waals surface area contributed by atoms with Crippen molar-refractivity contribution in [1.82, 2.24) is 10.2 Å². The SMILES string of the molecule is CC1C(=O)NCCN1Cc1ccc(N)c(F)c1. The summed E-state index contributed by atoms with van der Waals surface area (Å²) in [4.78, 5) is 13.5. The van der Waals surface area contributed by atoms with Gasteiger partial charge in [0.15, 0.2) is 0 Å². The van der Waals surface area contributed by atoms with Gasteiger partial charge in [0.25, 0.3) is 0 Å². The van der Waals surface area contributed by atoms with Crippen LogP contribution in [0.1, 0.15) is 12.5 Å². The second-order valence-electron chi connectivity index (χ2n) is 4.29. The van der Waals surface area contributed by atoms with Gasteiger partial charge in [-0.15, -0.1) is 0 Å². The first-order chi connectivity index (χ1) is 8.08. The summed E-state index contributed by atoms with van der Waals surface area (Å²) in [6, 6.07) is 4.59. The minimum absolute atomic E-state index is 0.0205. The van der Waals surface area contributed by atoms with Crippen molar-refractivity contribution < 1.29 is 9.18 Å². The molecule has 0 aliphatic carbocycles. The van der Waals surface area contributed by atoms with Gasteiger partial charge < -0.3 is 11.1 Å². The molecule has 2 rings (SSSR count). The zero-order valence-electron chi connectivity index (χ0n) is 9.74. The maximum atomic E-state index is 13.3. The molecule has 1 aromatic carbocycles. The highest BCUT2D eigenvalue weighted by Gasteiger charge is 2.25. The van der Waals surface area contributed by atoms with Crippen molar-refractivity contribution in [2.45, 2.75) is 19.5 Å². The Bertz CT molecular complexity index is 436. The highest BCUT2D eigenvalue weighted by Crippen LogP contribution is 2.15. The standard InChI is InChI=1S/C12H16FN3O/c1-8-12(17)15-4-5-16(8)7-9-2-3-11(14)10(13)6-9/h2-3,6,8H,4-5,7,14H2,1H3,(H,15,17). The van der Waals surface area contributed by atoms with E-state index in [4.69, 9.17) is 5.73 Å². The highest BCUT2D eigenvalue weighted by molar-refractivity contribution is 5.81. The fraction of sp³-hybridized carbons (Fsp3) is 0.417. The van der Waals surface area contributed by atoms with Crippen molar-refractivity contribution >= 4 is 11.6 Å². The van der Waals surface area contributed by atoms with Crippen LogP contribution >= 0.6 is 0 Å². The zero-order valence-corrected chi connectivity index (χ0v) is 9.74. The number of amides is 1. The van der Waals surface area contributed by atoms with Crippen LogP contribution in [0.15, 0.2) is 18.2 Å². The number of benzene rings is 1. The average molecular weight is 237 g/mol. The number of carbonyl (C=O) groups is 1. The number of hydrogen-bond acceptors (Lipinski definition) is 3. The molecule has 1 aliphatic rings. The molecule has 0 radical (unpaired) electrons. The number of nitrogens with zero attached hydrogens (tertiary/aromatic N) is 1. The Labute approximate surface area is 99.6 Å². The van der Waals surface area contributed by atoms with Gasteiger partial charge in [-0.05, 0) is 24.6 Å². The third kappa shape index (κ3) is 2.55. The van der Waals surface area contributed by atoms with E-state index in [1.165, 1.54) is 6.07 Å². The number of nitrogen functional groups attached to an aromatic ring is 1. The lowest BCUT2D eigenvalue weighted by molar-refractivity contribution is -0.128. The Morgan fingerprint density at radius 3 is 3.06 bits per heavy atom. The van der Waals surface area contributed by atoms with E-state index in [1.807, 2.05) is 11.8 Å². The van der Waals surface area contributed by atoms with Gasteiger partial charge in [-0.3, -0.25) is 9.69 Å². The first kappa shape index (κ1) is 11.9. The summed E-state index contributed by atoms with van der Waals surface area (Å²) < 4.78 is 13.3. The first-order valence-corrected chi connectivity index (χ1v) is 5.63. The van der Waals surface area contributed by atoms with E-state index in [1.54, 1.807) is 12.1 Å². The van der Waals surface area contributed by atoms with Crippen LogP contribution in [0.3, 0.4) is 0 Å². The van der Waals surface area contributed by atoms with Gasteiger partial charge in [0, 0.05) is 19.6 Å². The summed E-state index contributed by atoms with van der Waals surface area (Å²) in [5.74, 6) is -0.385. The van der Waals surface area contributed by atoms with Gasteiger partial charge in [0.1, 0.15) is 5.82 Å². The largest absolute Gasteiger partial charge is 0.396 e. The highest BCUT2D eigenvalue weighted by atomic mass is 19.1. The maximum Gasteiger partial charge on any atom is 0.237 e. The predicted molar refractivity (Wildman–Crippen MR) is 63.7 cm³/mol. The fourth-order valence-corrected chi connectivity index (χ4v) is 1.95. The molecular weight excluding hydrogens is 221 g/mol. The molecule has 17 heavy (non-hydrogen) atoms. The molecule has 0 bridgehead atoms. The van der Waals surface area contributed by atoms with Gasteiger partial charge in [-0.1, -0.05) is 6.07 Å². The second-order valence-corrected chi connectivity index (χ2v) is 4.29. The molecule has 1 saturated heterocycles. The van der Waals surface area contributed by atoms with Gasteiger partial charge in [-0.2, -0.15) is 0 Å². The summed E-state index contributed by atoms with van der Waals surface area (Å²) in [6.45, 7) is 3.83. The van der Waals surface area contributed by atoms with E-state index in [9.17, 15) is 9.18 Å². The van der Waals surface area contributed by atoms with E-state index in [0.29, 0.717) is 13.1 Å². The topological polar surface area (TPSA) is 58.4 Å². The number of anilines is 1. The molecule has 0 saturated carbocycles. The number of carbonyl (C=O) groups excluding carboxylic acids is 1. The number of piperazine rings is 1. The molecule has 1 atom stereocenters. The molecule has 1 aliphatic heterocycles. The van der Waals surface area contributed by atoms with E-state index >= 15 is 0 Å². The number of nitrogens with one attached hydrogen (secondary N) is 1. The Kier molecular flexibility index (Phi) is 3.28. The molecule has 1 aromatic rings. The van der Waals surface area contributed by atoms with E-state index in [2.05, 4.69) is 5.32 Å². The molecule has 1 fully saturated rings. The van der Waals surface area contributed by atoms with E-state index < -0.39 is 5.82 Å². The van der Waals surface area contributed by atoms with Crippen LogP contribution in [0.2, 0.25) is 0 Å². The van der Waals surface area contributed by atoms with Gasteiger partial charge >= 0.3 is 0 Å². The molecule has 1 amide bonds. The molecule has 1 unspecified atom stereocenters. The average Bonchev–Trinajstić information content (AvgIpc) is 2.30. The second kappa shape index (κ2) is 4.71. The van der Waals surface area contributed by atoms with Crippen LogP contribution in [-0.2, 0) is 11.3 Å². The molecule has 0 aromatic heterocycles. The van der Waals surface area contributed by atoms with Gasteiger partial charge in [0.2, 0.25) is 5.91 Å². The Morgan fingerprint density at radius 2 is 2.35 bits per heavy atom. The number of nitrogens with two attached hydrogens (primary N) is 1. The van der Waals surface area contributed by atoms with E-state index in [-0.39, 0.29) is 17.6 Å². The minimum Gasteiger partial charge on any atom is -0.396 e. The maximum absolute atomic E-state index is 13.3. The van der Waals surface area contributed by atoms with Crippen LogP contribution in [0.4, 0.5) is 10.1 Å². The first-order valence-electron chi connectivity index (χ1n) is 5.63. The Hall–Kier alpha value is -1.62. The van der Waals surface area contributed by atoms with Crippen molar-refractivity contribution in [2.24, 2.45) is 0 Å². The van der Waals surface area contributed by atoms with Gasteiger partial charge in [-0.25, -0.2) is 4.39 Å². The predicted octanol–water partition coefficient (Wildman–Crippen LogP) is 0.728. The quantitative estimate of drug-likeness (QED) is 0.745. The Balaban J connectivity index is 2.09. The third-order valence-corrected chi connectivity index (χ3v) is 3.08. The number of halogens is 1. The molecule has 1 heterocycles. The number of hydrogen-bond donors (Lipinski definition) is 2. The smallest absolute Gasteiger partial charge is 0.237 e. The van der Waals surface area contributed by atoms with Crippen LogP contribution in [0.5, 0.6) is 0 Å². The molecule has 5 heteroatoms. The monoisotopic (exact) mass is 237 g/mol. The summed E-state index contributed by atoms with van der Waals surface area (Å²) >= 11 is 0. The zero-order chi connectivity index (χ0) is 12.4. The summed E-state index contributed by atoms with van der Waals surface area (Å²) in [5.41, 5.74) is 6.40. The van der Waals surface area contributed by atoms with Crippen molar-refractivity contribution in [2.75, 3.05) is 18.8 Å². The summed E-state index contributed by atoms with van der Waals surface area (Å²) in [6.07, 6.45) is 0. The molecule has 0 spiro atoms. The van der Waals surface area contributed by atoms with Gasteiger partial charge in [0.05, 0.1) is 11.7 Å². The summed E-state index contributed by atoms with van der Waals surface area (Å²) in [7, 11) is 0. The molecule has 92 valence electrons. The lowest BCUT2D eigenvalue weighted by Gasteiger charge is -2.32. The fourth-order valence-electron chi connectivity index (χ4n) is 1.95. The van der Waals surface area contributed by atoms with Crippen molar-refractivity contribution in [3.05, 3.63) is 29.6 Å². The van der Waals surface area contributed by atoms with Crippen LogP contribution in [0.25, 0.3) is 0 Å². The molecule has 4 nitrogen and oxygen atoms in total. The van der Waals surface area contributed by atoms with Crippen LogP contribution in [0, 0.1) is 5.82 Å². The Morgan fingerprint density at radius 1 is 1.59 bits per heavy atom. The van der Waals surface area contributed by atoms with Crippen LogP contribution < -0.4 is 11.1 Å². The summed E-state index contributed by atoms with van der Waals surface area (Å²) in [5, 5.41) is 2.79. The lowest BCUT2D eigenvalue weighted by atomic mass is 10.1. The normalized spacial score (nSPS) is 21.3. The van der Waals surface area contributed by atoms with Crippen molar-refractivity contribution in [3.8, 4) is 0 Å². The van der Waals surface area contributed by atoms with E-state index in [0.717, 1.165) is 12.1 Å². The molecular formula is C12H16FN3O. The van der Waals surface area contributed by atoms with Crippen molar-refractivity contribution in [1.29, 1.82) is 0 Å². The lowest BCUT2D eigenvalue weighted by Crippen LogP contribution is -2.53. The van der Waals surface area contributed by atoms with Crippen molar-refractivity contribution in [3.63, 3.8) is 0 Å². The minimum atomic E-state index is -0.406. The number of rotatable bonds is 2. The van der Waals surface area contributed by atoms with Crippen LogP contribution in [-0.4, -0.2) is 29.9 Å². The third-order valence-electron chi connectivity index (χ3n) is 3.08.